The second-order valence-corrected chi connectivity index (χ2v) is 10.2. The molecule has 0 aliphatic heterocycles. The van der Waals surface area contributed by atoms with Gasteiger partial charge in [-0.05, 0) is 101 Å². The number of esters is 1. The summed E-state index contributed by atoms with van der Waals surface area (Å²) in [6.45, 7) is 0. The molecule has 4 aromatic rings. The lowest BCUT2D eigenvalue weighted by Crippen LogP contribution is -2.33. The molecule has 0 aliphatic carbocycles. The first-order chi connectivity index (χ1) is 19.3. The Balaban J connectivity index is 1.31. The lowest BCUT2D eigenvalue weighted by Gasteiger charge is -2.11. The van der Waals surface area contributed by atoms with E-state index in [9.17, 15) is 19.2 Å². The molecule has 40 heavy (non-hydrogen) atoms. The molecule has 3 N–H and O–H groups in total. The number of hydrogen-bond donors (Lipinski definition) is 3. The number of carbonyl (C=O) groups is 4. The number of carbonyl (C=O) groups excluding carboxylic acids is 4. The van der Waals surface area contributed by atoms with Crippen LogP contribution in [0, 0.1) is 3.57 Å². The molecule has 200 valence electrons. The van der Waals surface area contributed by atoms with E-state index in [-0.39, 0.29) is 11.3 Å². The molecular weight excluding hydrogens is 691 g/mol. The van der Waals surface area contributed by atoms with Gasteiger partial charge in [-0.25, -0.2) is 10.2 Å². The molecule has 0 atom stereocenters. The average Bonchev–Trinajstić information content (AvgIpc) is 2.95. The predicted molar refractivity (Wildman–Crippen MR) is 163 cm³/mol. The topological polar surface area (TPSA) is 126 Å². The minimum Gasteiger partial charge on any atom is -0.423 e. The third kappa shape index (κ3) is 7.83. The quantitative estimate of drug-likeness (QED) is 0.0574. The summed E-state index contributed by atoms with van der Waals surface area (Å²) in [5, 5.41) is 8.98. The van der Waals surface area contributed by atoms with Crippen molar-refractivity contribution in [1.29, 1.82) is 0 Å². The van der Waals surface area contributed by atoms with E-state index in [2.05, 4.69) is 59.7 Å². The molecular formula is C29H20BrIN4O5. The van der Waals surface area contributed by atoms with E-state index in [1.54, 1.807) is 72.8 Å². The average molecular weight is 711 g/mol. The molecule has 0 bridgehead atoms. The maximum Gasteiger partial charge on any atom is 0.344 e. The Morgan fingerprint density at radius 1 is 0.750 bits per heavy atom. The zero-order valence-corrected chi connectivity index (χ0v) is 24.3. The number of nitrogens with zero attached hydrogens (tertiary/aromatic N) is 1. The summed E-state index contributed by atoms with van der Waals surface area (Å²) in [4.78, 5) is 49.8. The van der Waals surface area contributed by atoms with E-state index in [4.69, 9.17) is 4.74 Å². The number of anilines is 2. The van der Waals surface area contributed by atoms with Gasteiger partial charge in [-0.2, -0.15) is 5.10 Å². The molecule has 3 amide bonds. The van der Waals surface area contributed by atoms with Crippen LogP contribution >= 0.6 is 38.5 Å². The summed E-state index contributed by atoms with van der Waals surface area (Å²) in [5.41, 5.74) is 4.11. The first-order valence-corrected chi connectivity index (χ1v) is 13.5. The molecule has 0 spiro atoms. The van der Waals surface area contributed by atoms with Crippen molar-refractivity contribution in [3.63, 3.8) is 0 Å². The lowest BCUT2D eigenvalue weighted by atomic mass is 10.1. The van der Waals surface area contributed by atoms with Crippen LogP contribution in [0.3, 0.4) is 0 Å². The number of rotatable bonds is 7. The van der Waals surface area contributed by atoms with Crippen LogP contribution in [-0.4, -0.2) is 29.9 Å². The van der Waals surface area contributed by atoms with Gasteiger partial charge in [0.2, 0.25) is 0 Å². The van der Waals surface area contributed by atoms with Crippen LogP contribution in [0.15, 0.2) is 107 Å². The fraction of sp³-hybridized carbons (Fsp3) is 0. The van der Waals surface area contributed by atoms with Gasteiger partial charge in [0, 0.05) is 13.7 Å². The summed E-state index contributed by atoms with van der Waals surface area (Å²) in [6, 6.07) is 26.8. The van der Waals surface area contributed by atoms with Crippen molar-refractivity contribution in [3.8, 4) is 5.75 Å². The molecule has 9 nitrogen and oxygen atoms in total. The number of hydrazone groups is 1. The van der Waals surface area contributed by atoms with Gasteiger partial charge in [-0.15, -0.1) is 0 Å². The van der Waals surface area contributed by atoms with Crippen molar-refractivity contribution in [1.82, 2.24) is 5.43 Å². The van der Waals surface area contributed by atoms with Gasteiger partial charge < -0.3 is 15.4 Å². The van der Waals surface area contributed by atoms with Gasteiger partial charge in [0.05, 0.1) is 23.0 Å². The second-order valence-electron chi connectivity index (χ2n) is 8.10. The van der Waals surface area contributed by atoms with Crippen molar-refractivity contribution < 1.29 is 23.9 Å². The third-order valence-corrected chi connectivity index (χ3v) is 6.76. The smallest absolute Gasteiger partial charge is 0.344 e. The molecule has 0 unspecified atom stereocenters. The highest BCUT2D eigenvalue weighted by atomic mass is 127. The summed E-state index contributed by atoms with van der Waals surface area (Å²) in [6.07, 6.45) is 1.33. The molecule has 0 radical (unpaired) electrons. The predicted octanol–water partition coefficient (Wildman–Crippen LogP) is 5.61. The Bertz CT molecular complexity index is 1590. The fourth-order valence-corrected chi connectivity index (χ4v) is 4.20. The summed E-state index contributed by atoms with van der Waals surface area (Å²) >= 11 is 5.40. The van der Waals surface area contributed by atoms with Gasteiger partial charge in [0.1, 0.15) is 5.75 Å². The van der Waals surface area contributed by atoms with E-state index >= 15 is 0 Å². The van der Waals surface area contributed by atoms with Crippen LogP contribution in [0.4, 0.5) is 11.4 Å². The van der Waals surface area contributed by atoms with Crippen LogP contribution in [-0.2, 0) is 9.59 Å². The normalized spacial score (nSPS) is 10.6. The maximum atomic E-state index is 12.7. The zero-order valence-electron chi connectivity index (χ0n) is 20.6. The minimum absolute atomic E-state index is 0.163. The molecule has 0 fully saturated rings. The molecule has 0 saturated carbocycles. The number of ether oxygens (including phenoxy) is 1. The monoisotopic (exact) mass is 710 g/mol. The first kappa shape index (κ1) is 28.6. The summed E-state index contributed by atoms with van der Waals surface area (Å²) < 4.78 is 7.03. The fourth-order valence-electron chi connectivity index (χ4n) is 3.33. The SMILES string of the molecule is O=C(N/N=C/c1ccc(OC(=O)c2ccccc2I)cc1)C(=O)Nc1ccccc1C(=O)Nc1ccc(Br)cc1. The highest BCUT2D eigenvalue weighted by molar-refractivity contribution is 14.1. The number of para-hydroxylation sites is 1. The van der Waals surface area contributed by atoms with Crippen LogP contribution < -0.4 is 20.8 Å². The Morgan fingerprint density at radius 3 is 2.10 bits per heavy atom. The molecule has 0 aromatic heterocycles. The lowest BCUT2D eigenvalue weighted by molar-refractivity contribution is -0.136. The van der Waals surface area contributed by atoms with E-state index in [1.807, 2.05) is 12.1 Å². The Labute approximate surface area is 251 Å². The van der Waals surface area contributed by atoms with Crippen LogP contribution in [0.1, 0.15) is 26.3 Å². The van der Waals surface area contributed by atoms with E-state index < -0.39 is 23.7 Å². The van der Waals surface area contributed by atoms with Gasteiger partial charge in [0.25, 0.3) is 5.91 Å². The van der Waals surface area contributed by atoms with Crippen LogP contribution in [0.25, 0.3) is 0 Å². The van der Waals surface area contributed by atoms with Crippen molar-refractivity contribution in [2.45, 2.75) is 0 Å². The van der Waals surface area contributed by atoms with Gasteiger partial charge >= 0.3 is 17.8 Å². The third-order valence-electron chi connectivity index (χ3n) is 5.29. The number of halogens is 2. The zero-order chi connectivity index (χ0) is 28.5. The number of hydrogen-bond acceptors (Lipinski definition) is 6. The van der Waals surface area contributed by atoms with Crippen LogP contribution in [0.5, 0.6) is 5.75 Å². The molecule has 11 heteroatoms. The first-order valence-electron chi connectivity index (χ1n) is 11.7. The van der Waals surface area contributed by atoms with Gasteiger partial charge in [-0.3, -0.25) is 14.4 Å². The van der Waals surface area contributed by atoms with E-state index in [1.165, 1.54) is 18.3 Å². The van der Waals surface area contributed by atoms with Crippen molar-refractivity contribution in [2.24, 2.45) is 5.10 Å². The van der Waals surface area contributed by atoms with Gasteiger partial charge in [-0.1, -0.05) is 40.2 Å². The number of amides is 3. The number of benzene rings is 4. The standard InChI is InChI=1S/C29H20BrIN4O5/c30-19-11-13-20(14-12-19)33-26(36)23-6-2-4-8-25(23)34-27(37)28(38)35-32-17-18-9-15-21(16-10-18)40-29(39)22-5-1-3-7-24(22)31/h1-17H,(H,33,36)(H,34,37)(H,35,38)/b32-17+. The molecule has 0 saturated heterocycles. The van der Waals surface area contributed by atoms with E-state index in [0.29, 0.717) is 22.6 Å². The second kappa shape index (κ2) is 13.6. The maximum absolute atomic E-state index is 12.7. The highest BCUT2D eigenvalue weighted by Gasteiger charge is 2.18. The summed E-state index contributed by atoms with van der Waals surface area (Å²) in [5.74, 6) is -2.62. The van der Waals surface area contributed by atoms with Crippen molar-refractivity contribution in [3.05, 3.63) is 122 Å². The summed E-state index contributed by atoms with van der Waals surface area (Å²) in [7, 11) is 0. The Morgan fingerprint density at radius 2 is 1.40 bits per heavy atom. The molecule has 4 rings (SSSR count). The molecule has 0 aliphatic rings. The minimum atomic E-state index is -1.03. The molecule has 0 heterocycles. The van der Waals surface area contributed by atoms with Crippen molar-refractivity contribution in [2.75, 3.05) is 10.6 Å². The highest BCUT2D eigenvalue weighted by Crippen LogP contribution is 2.20. The van der Waals surface area contributed by atoms with Crippen LogP contribution in [0.2, 0.25) is 0 Å². The Kier molecular flexibility index (Phi) is 9.76. The largest absolute Gasteiger partial charge is 0.423 e. The molecule has 4 aromatic carbocycles. The van der Waals surface area contributed by atoms with Crippen molar-refractivity contribution >= 4 is 79.8 Å². The van der Waals surface area contributed by atoms with E-state index in [0.717, 1.165) is 8.04 Å². The Hall–Kier alpha value is -4.36. The van der Waals surface area contributed by atoms with Gasteiger partial charge in [0.15, 0.2) is 0 Å². The number of nitrogens with one attached hydrogen (secondary N) is 3.